The molecule has 0 aromatic heterocycles. The van der Waals surface area contributed by atoms with Crippen LogP contribution >= 0.6 is 0 Å². The number of halogens is 14. The van der Waals surface area contributed by atoms with E-state index >= 15 is 0 Å². The summed E-state index contributed by atoms with van der Waals surface area (Å²) in [5.74, 6) is -3.05. The lowest BCUT2D eigenvalue weighted by atomic mass is 9.81. The number of alkyl halides is 14. The lowest BCUT2D eigenvalue weighted by molar-refractivity contribution is -0.357. The predicted molar refractivity (Wildman–Crippen MR) is 67.1 cm³/mol. The summed E-state index contributed by atoms with van der Waals surface area (Å²) in [4.78, 5) is 0. The van der Waals surface area contributed by atoms with Gasteiger partial charge in [-0.15, -0.1) is 0 Å². The minimum absolute atomic E-state index is 0.634. The number of aliphatic hydroxyl groups is 1. The largest absolute Gasteiger partial charge is 0.431 e. The Balaban J connectivity index is 6.04. The van der Waals surface area contributed by atoms with Crippen LogP contribution in [0.2, 0.25) is 0 Å². The molecule has 0 aromatic carbocycles. The average Bonchev–Trinajstić information content (AvgIpc) is 2.46. The molecular weight excluding hydrogens is 454 g/mol. The highest BCUT2D eigenvalue weighted by molar-refractivity contribution is 5.01. The van der Waals surface area contributed by atoms with Gasteiger partial charge >= 0.3 is 24.7 Å². The molecule has 2 nitrogen and oxygen atoms in total. The van der Waals surface area contributed by atoms with Crippen LogP contribution in [-0.2, 0) is 4.74 Å². The van der Waals surface area contributed by atoms with E-state index in [2.05, 4.69) is 4.74 Å². The van der Waals surface area contributed by atoms with Gasteiger partial charge in [0.2, 0.25) is 0 Å². The fourth-order valence-electron chi connectivity index (χ4n) is 2.27. The standard InChI is InChI=1S/C13H14F14O2/c14-8(10(16,17)18,11(19,20)21)5-7(1-3-29-4-2-28)6-9(15,12(22,23)24)13(25,26)27/h7,28H,1-6H2. The summed E-state index contributed by atoms with van der Waals surface area (Å²) in [5, 5.41) is 8.39. The Bertz CT molecular complexity index is 436. The van der Waals surface area contributed by atoms with Crippen LogP contribution in [0, 0.1) is 5.92 Å². The first-order valence-electron chi connectivity index (χ1n) is 7.47. The Labute approximate surface area is 153 Å². The summed E-state index contributed by atoms with van der Waals surface area (Å²) in [5.41, 5.74) is -12.4. The van der Waals surface area contributed by atoms with Crippen molar-refractivity contribution in [3.8, 4) is 0 Å². The fourth-order valence-corrected chi connectivity index (χ4v) is 2.27. The molecule has 0 bridgehead atoms. The molecule has 29 heavy (non-hydrogen) atoms. The van der Waals surface area contributed by atoms with Crippen molar-refractivity contribution in [2.45, 2.75) is 55.3 Å². The van der Waals surface area contributed by atoms with Crippen molar-refractivity contribution in [1.82, 2.24) is 0 Å². The lowest BCUT2D eigenvalue weighted by Crippen LogP contribution is -2.57. The van der Waals surface area contributed by atoms with Crippen LogP contribution in [0.25, 0.3) is 0 Å². The first-order chi connectivity index (χ1) is 12.6. The van der Waals surface area contributed by atoms with Gasteiger partial charge in [0.25, 0.3) is 11.3 Å². The van der Waals surface area contributed by atoms with Crippen LogP contribution in [0.15, 0.2) is 0 Å². The Morgan fingerprint density at radius 2 is 0.862 bits per heavy atom. The first-order valence-corrected chi connectivity index (χ1v) is 7.47. The zero-order valence-corrected chi connectivity index (χ0v) is 14.0. The molecule has 0 saturated carbocycles. The van der Waals surface area contributed by atoms with Crippen LogP contribution < -0.4 is 0 Å². The molecule has 1 N–H and O–H groups in total. The maximum Gasteiger partial charge on any atom is 0.431 e. The van der Waals surface area contributed by atoms with Gasteiger partial charge in [-0.2, -0.15) is 52.7 Å². The highest BCUT2D eigenvalue weighted by Gasteiger charge is 2.75. The molecule has 0 rings (SSSR count). The molecule has 0 heterocycles. The van der Waals surface area contributed by atoms with Crippen LogP contribution in [-0.4, -0.2) is 61.0 Å². The van der Waals surface area contributed by atoms with E-state index < -0.39 is 81.0 Å². The van der Waals surface area contributed by atoms with Gasteiger partial charge in [0, 0.05) is 19.4 Å². The Kier molecular flexibility index (Phi) is 8.65. The van der Waals surface area contributed by atoms with E-state index in [4.69, 9.17) is 5.11 Å². The van der Waals surface area contributed by atoms with Crippen LogP contribution in [0.1, 0.15) is 19.3 Å². The van der Waals surface area contributed by atoms with E-state index in [1.807, 2.05) is 0 Å². The SMILES string of the molecule is OCCOCCC(CC(F)(C(F)(F)F)C(F)(F)F)CC(F)(C(F)(F)F)C(F)(F)F. The summed E-state index contributed by atoms with van der Waals surface area (Å²) >= 11 is 0. The molecule has 0 unspecified atom stereocenters. The third-order valence-corrected chi connectivity index (χ3v) is 3.84. The van der Waals surface area contributed by atoms with Crippen LogP contribution in [0.3, 0.4) is 0 Å². The van der Waals surface area contributed by atoms with E-state index in [9.17, 15) is 61.5 Å². The van der Waals surface area contributed by atoms with E-state index in [0.717, 1.165) is 0 Å². The molecule has 16 heteroatoms. The molecule has 0 atom stereocenters. The molecular formula is C13H14F14O2. The molecule has 0 amide bonds. The van der Waals surface area contributed by atoms with Gasteiger partial charge in [0.1, 0.15) is 0 Å². The summed E-state index contributed by atoms with van der Waals surface area (Å²) in [6, 6.07) is 0. The van der Waals surface area contributed by atoms with E-state index in [1.54, 1.807) is 0 Å². The molecule has 0 aromatic rings. The summed E-state index contributed by atoms with van der Waals surface area (Å²) in [7, 11) is 0. The summed E-state index contributed by atoms with van der Waals surface area (Å²) in [6.07, 6.45) is -34.4. The molecule has 0 aliphatic rings. The van der Waals surface area contributed by atoms with Crippen molar-refractivity contribution in [3.05, 3.63) is 0 Å². The maximum atomic E-state index is 13.8. The molecule has 0 fully saturated rings. The quantitative estimate of drug-likeness (QED) is 0.361. The van der Waals surface area contributed by atoms with Gasteiger partial charge in [-0.1, -0.05) is 0 Å². The maximum absolute atomic E-state index is 13.8. The number of hydrogen-bond acceptors (Lipinski definition) is 2. The minimum Gasteiger partial charge on any atom is -0.394 e. The predicted octanol–water partition coefficient (Wildman–Crippen LogP) is 5.45. The Morgan fingerprint density at radius 1 is 0.552 bits per heavy atom. The topological polar surface area (TPSA) is 29.5 Å². The fraction of sp³-hybridized carbons (Fsp3) is 1.00. The smallest absolute Gasteiger partial charge is 0.394 e. The zero-order chi connectivity index (χ0) is 23.5. The van der Waals surface area contributed by atoms with E-state index in [0.29, 0.717) is 0 Å². The molecule has 0 radical (unpaired) electrons. The van der Waals surface area contributed by atoms with Gasteiger partial charge in [-0.25, -0.2) is 8.78 Å². The number of ether oxygens (including phenoxy) is 1. The number of aliphatic hydroxyl groups excluding tert-OH is 1. The lowest BCUT2D eigenvalue weighted by Gasteiger charge is -2.37. The molecule has 0 spiro atoms. The van der Waals surface area contributed by atoms with Crippen molar-refractivity contribution in [2.75, 3.05) is 19.8 Å². The van der Waals surface area contributed by atoms with Crippen molar-refractivity contribution in [3.63, 3.8) is 0 Å². The van der Waals surface area contributed by atoms with Crippen molar-refractivity contribution in [2.24, 2.45) is 5.92 Å². The number of hydrogen-bond donors (Lipinski definition) is 1. The zero-order valence-electron chi connectivity index (χ0n) is 14.0. The van der Waals surface area contributed by atoms with Gasteiger partial charge in [0.15, 0.2) is 0 Å². The summed E-state index contributed by atoms with van der Waals surface area (Å²) < 4.78 is 183. The number of rotatable bonds is 9. The highest BCUT2D eigenvalue weighted by atomic mass is 19.4. The van der Waals surface area contributed by atoms with Gasteiger partial charge in [-0.05, 0) is 12.3 Å². The van der Waals surface area contributed by atoms with Gasteiger partial charge in [-0.3, -0.25) is 0 Å². The molecule has 0 aliphatic carbocycles. The monoisotopic (exact) mass is 468 g/mol. The average molecular weight is 468 g/mol. The normalized spacial score (nSPS) is 15.3. The van der Waals surface area contributed by atoms with E-state index in [-0.39, 0.29) is 0 Å². The van der Waals surface area contributed by atoms with Gasteiger partial charge in [0.05, 0.1) is 13.2 Å². The first kappa shape index (κ1) is 27.9. The molecule has 0 saturated heterocycles. The third kappa shape index (κ3) is 6.46. The molecule has 176 valence electrons. The second-order valence-corrected chi connectivity index (χ2v) is 5.99. The Hall–Kier alpha value is -1.06. The summed E-state index contributed by atoms with van der Waals surface area (Å²) in [6.45, 7) is -2.46. The second-order valence-electron chi connectivity index (χ2n) is 5.99. The van der Waals surface area contributed by atoms with E-state index in [1.165, 1.54) is 0 Å². The Morgan fingerprint density at radius 3 is 1.10 bits per heavy atom. The van der Waals surface area contributed by atoms with Crippen LogP contribution in [0.4, 0.5) is 61.5 Å². The van der Waals surface area contributed by atoms with Gasteiger partial charge < -0.3 is 9.84 Å². The van der Waals surface area contributed by atoms with Crippen molar-refractivity contribution < 1.29 is 71.3 Å². The minimum atomic E-state index is -6.76. The third-order valence-electron chi connectivity index (χ3n) is 3.84. The highest BCUT2D eigenvalue weighted by Crippen LogP contribution is 2.54. The second kappa shape index (κ2) is 8.98. The van der Waals surface area contributed by atoms with Crippen LogP contribution in [0.5, 0.6) is 0 Å². The van der Waals surface area contributed by atoms with Crippen molar-refractivity contribution in [1.29, 1.82) is 0 Å². The van der Waals surface area contributed by atoms with Crippen molar-refractivity contribution >= 4 is 0 Å². The molecule has 0 aliphatic heterocycles.